The molecule has 0 spiro atoms. The van der Waals surface area contributed by atoms with Crippen molar-refractivity contribution in [1.82, 2.24) is 0 Å². The molecule has 0 aliphatic heterocycles. The Hall–Kier alpha value is -2.52. The number of phenols is 1. The van der Waals surface area contributed by atoms with Gasteiger partial charge in [-0.3, -0.25) is 9.52 Å². The van der Waals surface area contributed by atoms with Crippen LogP contribution in [-0.2, 0) is 10.0 Å². The quantitative estimate of drug-likeness (QED) is 0.686. The van der Waals surface area contributed by atoms with E-state index in [1.807, 2.05) is 13.8 Å². The summed E-state index contributed by atoms with van der Waals surface area (Å²) in [6.45, 7) is 3.68. The molecule has 0 bridgehead atoms. The number of benzene rings is 2. The Bertz CT molecular complexity index is 946. The average Bonchev–Trinajstić information content (AvgIpc) is 2.53. The van der Waals surface area contributed by atoms with Crippen LogP contribution in [0.2, 0.25) is 5.02 Å². The second-order valence-electron chi connectivity index (χ2n) is 5.56. The Balaban J connectivity index is 2.40. The maximum absolute atomic E-state index is 14.2. The lowest BCUT2D eigenvalue weighted by molar-refractivity contribution is 0.0997. The molecule has 1 amide bonds. The molecule has 0 fully saturated rings. The number of hydrogen-bond acceptors (Lipinski definition) is 5. The van der Waals surface area contributed by atoms with Crippen LogP contribution in [0.3, 0.4) is 0 Å². The van der Waals surface area contributed by atoms with Crippen molar-refractivity contribution in [2.75, 3.05) is 4.72 Å². The van der Waals surface area contributed by atoms with E-state index in [1.165, 1.54) is 24.3 Å². The average molecular weight is 403 g/mol. The van der Waals surface area contributed by atoms with E-state index in [1.54, 1.807) is 0 Å². The molecular formula is C16H16ClFN2O5S. The summed E-state index contributed by atoms with van der Waals surface area (Å²) >= 11 is 5.57. The van der Waals surface area contributed by atoms with Gasteiger partial charge >= 0.3 is 0 Å². The number of carbonyl (C=O) groups excluding carboxylic acids is 1. The van der Waals surface area contributed by atoms with Gasteiger partial charge in [-0.05, 0) is 44.2 Å². The van der Waals surface area contributed by atoms with Gasteiger partial charge in [-0.1, -0.05) is 11.6 Å². The van der Waals surface area contributed by atoms with E-state index < -0.39 is 43.0 Å². The van der Waals surface area contributed by atoms with E-state index in [9.17, 15) is 22.7 Å². The molecule has 0 aromatic heterocycles. The molecule has 2 aromatic carbocycles. The number of hydrogen-bond donors (Lipinski definition) is 3. The van der Waals surface area contributed by atoms with E-state index in [0.29, 0.717) is 11.8 Å². The smallest absolute Gasteiger partial charge is 0.264 e. The molecule has 7 nitrogen and oxygen atoms in total. The number of nitrogens with two attached hydrogens (primary N) is 1. The van der Waals surface area contributed by atoms with Crippen LogP contribution in [0.15, 0.2) is 35.2 Å². The number of sulfonamides is 1. The minimum absolute atomic E-state index is 0.0574. The van der Waals surface area contributed by atoms with Gasteiger partial charge in [-0.25, -0.2) is 12.8 Å². The van der Waals surface area contributed by atoms with E-state index in [0.717, 1.165) is 0 Å². The Morgan fingerprint density at radius 3 is 2.38 bits per heavy atom. The normalized spacial score (nSPS) is 11.4. The molecule has 0 heterocycles. The second-order valence-corrected chi connectivity index (χ2v) is 7.59. The molecule has 26 heavy (non-hydrogen) atoms. The first kappa shape index (κ1) is 19.8. The molecule has 0 aliphatic rings. The van der Waals surface area contributed by atoms with Gasteiger partial charge in [0.05, 0.1) is 11.7 Å². The maximum Gasteiger partial charge on any atom is 0.264 e. The van der Waals surface area contributed by atoms with E-state index in [4.69, 9.17) is 22.1 Å². The molecule has 0 radical (unpaired) electrons. The molecule has 0 atom stereocenters. The van der Waals surface area contributed by atoms with Crippen LogP contribution in [0, 0.1) is 5.82 Å². The van der Waals surface area contributed by atoms with Crippen LogP contribution in [0.5, 0.6) is 11.5 Å². The van der Waals surface area contributed by atoms with Gasteiger partial charge < -0.3 is 15.6 Å². The lowest BCUT2D eigenvalue weighted by atomic mass is 10.2. The van der Waals surface area contributed by atoms with Crippen molar-refractivity contribution in [2.24, 2.45) is 5.73 Å². The zero-order chi connectivity index (χ0) is 19.6. The van der Waals surface area contributed by atoms with Crippen LogP contribution in [0.25, 0.3) is 0 Å². The van der Waals surface area contributed by atoms with Crippen molar-refractivity contribution in [3.8, 4) is 11.5 Å². The molecule has 0 saturated carbocycles. The highest BCUT2D eigenvalue weighted by Crippen LogP contribution is 2.35. The SMILES string of the molecule is CC(C)Oc1ccc(NS(=O)(=O)c2cc(C(N)=O)c(O)c(Cl)c2F)cc1. The fourth-order valence-electron chi connectivity index (χ4n) is 2.06. The minimum atomic E-state index is -4.44. The van der Waals surface area contributed by atoms with Crippen molar-refractivity contribution in [2.45, 2.75) is 24.8 Å². The summed E-state index contributed by atoms with van der Waals surface area (Å²) in [5, 5.41) is 8.71. The lowest BCUT2D eigenvalue weighted by Gasteiger charge is -2.13. The summed E-state index contributed by atoms with van der Waals surface area (Å²) in [5.41, 5.74) is 4.56. The molecule has 2 aromatic rings. The number of halogens is 2. The Morgan fingerprint density at radius 1 is 1.31 bits per heavy atom. The Morgan fingerprint density at radius 2 is 1.88 bits per heavy atom. The van der Waals surface area contributed by atoms with Crippen LogP contribution in [-0.4, -0.2) is 25.5 Å². The van der Waals surface area contributed by atoms with E-state index >= 15 is 0 Å². The lowest BCUT2D eigenvalue weighted by Crippen LogP contribution is -2.18. The summed E-state index contributed by atoms with van der Waals surface area (Å²) in [6.07, 6.45) is -0.0574. The third kappa shape index (κ3) is 4.17. The van der Waals surface area contributed by atoms with Crippen molar-refractivity contribution in [3.63, 3.8) is 0 Å². The Labute approximate surface area is 154 Å². The van der Waals surface area contributed by atoms with E-state index in [2.05, 4.69) is 4.72 Å². The van der Waals surface area contributed by atoms with Crippen molar-refractivity contribution < 1.29 is 27.4 Å². The molecule has 140 valence electrons. The molecular weight excluding hydrogens is 387 g/mol. The first-order chi connectivity index (χ1) is 12.0. The van der Waals surface area contributed by atoms with Crippen LogP contribution < -0.4 is 15.2 Å². The van der Waals surface area contributed by atoms with Gasteiger partial charge in [-0.15, -0.1) is 0 Å². The predicted octanol–water partition coefficient (Wildman–Crippen LogP) is 2.87. The summed E-state index contributed by atoms with van der Waals surface area (Å²) in [6, 6.07) is 6.53. The van der Waals surface area contributed by atoms with Gasteiger partial charge in [0.15, 0.2) is 5.82 Å². The summed E-state index contributed by atoms with van der Waals surface area (Å²) < 4.78 is 46.7. The molecule has 10 heteroatoms. The predicted molar refractivity (Wildman–Crippen MR) is 94.6 cm³/mol. The number of carbonyl (C=O) groups is 1. The van der Waals surface area contributed by atoms with Gasteiger partial charge in [0, 0.05) is 5.69 Å². The zero-order valence-electron chi connectivity index (χ0n) is 13.8. The van der Waals surface area contributed by atoms with Crippen LogP contribution >= 0.6 is 11.6 Å². The monoisotopic (exact) mass is 402 g/mol. The number of rotatable bonds is 6. The maximum atomic E-state index is 14.2. The van der Waals surface area contributed by atoms with Gasteiger partial charge in [0.1, 0.15) is 21.4 Å². The molecule has 4 N–H and O–H groups in total. The molecule has 0 aliphatic carbocycles. The van der Waals surface area contributed by atoms with Gasteiger partial charge in [0.2, 0.25) is 0 Å². The van der Waals surface area contributed by atoms with Gasteiger partial charge in [-0.2, -0.15) is 0 Å². The van der Waals surface area contributed by atoms with Crippen molar-refractivity contribution in [3.05, 3.63) is 46.7 Å². The molecule has 0 unspecified atom stereocenters. The van der Waals surface area contributed by atoms with Crippen LogP contribution in [0.4, 0.5) is 10.1 Å². The van der Waals surface area contributed by atoms with Crippen molar-refractivity contribution in [1.29, 1.82) is 0 Å². The fourth-order valence-corrected chi connectivity index (χ4v) is 3.49. The number of ether oxygens (including phenoxy) is 1. The van der Waals surface area contributed by atoms with Crippen molar-refractivity contribution >= 4 is 33.2 Å². The summed E-state index contributed by atoms with van der Waals surface area (Å²) in [5.74, 6) is -2.96. The van der Waals surface area contributed by atoms with Gasteiger partial charge in [0.25, 0.3) is 15.9 Å². The Kier molecular flexibility index (Phi) is 5.62. The number of aromatic hydroxyl groups is 1. The highest BCUT2D eigenvalue weighted by atomic mass is 35.5. The number of primary amides is 1. The fraction of sp³-hybridized carbons (Fsp3) is 0.188. The summed E-state index contributed by atoms with van der Waals surface area (Å²) in [7, 11) is -4.44. The third-order valence-corrected chi connectivity index (χ3v) is 4.91. The van der Waals surface area contributed by atoms with Crippen LogP contribution in [0.1, 0.15) is 24.2 Å². The van der Waals surface area contributed by atoms with E-state index in [-0.39, 0.29) is 11.8 Å². The number of nitrogens with one attached hydrogen (secondary N) is 1. The highest BCUT2D eigenvalue weighted by molar-refractivity contribution is 7.92. The highest BCUT2D eigenvalue weighted by Gasteiger charge is 2.27. The number of amides is 1. The molecule has 0 saturated heterocycles. The number of anilines is 1. The molecule has 2 rings (SSSR count). The first-order valence-electron chi connectivity index (χ1n) is 7.33. The minimum Gasteiger partial charge on any atom is -0.505 e. The standard InChI is InChI=1S/C16H16ClFN2O5S/c1-8(2)25-10-5-3-9(4-6-10)20-26(23,24)12-7-11(16(19)22)15(21)13(17)14(12)18/h3-8,20-21H,1-2H3,(H2,19,22). The summed E-state index contributed by atoms with van der Waals surface area (Å²) in [4.78, 5) is 10.4. The largest absolute Gasteiger partial charge is 0.505 e. The second kappa shape index (κ2) is 7.38. The zero-order valence-corrected chi connectivity index (χ0v) is 15.4. The topological polar surface area (TPSA) is 119 Å². The first-order valence-corrected chi connectivity index (χ1v) is 9.19. The third-order valence-electron chi connectivity index (χ3n) is 3.18.